The number of hydrogen-bond donors (Lipinski definition) is 1. The number of halogens is 3. The Morgan fingerprint density at radius 2 is 1.90 bits per heavy atom. The number of alkyl halides is 3. The molecule has 108 valence electrons. The predicted octanol–water partition coefficient (Wildman–Crippen LogP) is 3.53. The third kappa shape index (κ3) is 2.12. The second-order valence-electron chi connectivity index (χ2n) is 4.72. The van der Waals surface area contributed by atoms with E-state index in [1.54, 1.807) is 22.6 Å². The molecular weight excluding hydrogens is 281 g/mol. The van der Waals surface area contributed by atoms with Crippen LogP contribution in [-0.2, 0) is 12.6 Å². The molecule has 6 heteroatoms. The van der Waals surface area contributed by atoms with Crippen LogP contribution in [0, 0.1) is 0 Å². The summed E-state index contributed by atoms with van der Waals surface area (Å²) in [4.78, 5) is 14.5. The lowest BCUT2D eigenvalue weighted by molar-refractivity contribution is -0.137. The van der Waals surface area contributed by atoms with E-state index in [-0.39, 0.29) is 5.52 Å². The van der Waals surface area contributed by atoms with Gasteiger partial charge in [0.1, 0.15) is 5.52 Å². The van der Waals surface area contributed by atoms with Crippen molar-refractivity contribution in [1.82, 2.24) is 9.38 Å². The molecule has 0 fully saturated rings. The monoisotopic (exact) mass is 292 g/mol. The maximum absolute atomic E-state index is 12.8. The molecule has 3 rings (SSSR count). The summed E-state index contributed by atoms with van der Waals surface area (Å²) < 4.78 is 39.9. The average molecular weight is 292 g/mol. The largest absolute Gasteiger partial charge is 0.416 e. The number of fused-ring (bicyclic) bond motifs is 3. The van der Waals surface area contributed by atoms with E-state index in [9.17, 15) is 18.0 Å². The van der Waals surface area contributed by atoms with Crippen LogP contribution < -0.4 is 5.56 Å². The number of aromatic amines is 1. The van der Waals surface area contributed by atoms with Crippen molar-refractivity contribution >= 4 is 16.6 Å². The topological polar surface area (TPSA) is 37.3 Å². The Labute approximate surface area is 117 Å². The molecule has 0 bridgehead atoms. The van der Waals surface area contributed by atoms with Gasteiger partial charge in [-0.15, -0.1) is 6.58 Å². The van der Waals surface area contributed by atoms with Gasteiger partial charge in [0, 0.05) is 12.1 Å². The smallest absolute Gasteiger partial charge is 0.319 e. The van der Waals surface area contributed by atoms with Crippen LogP contribution in [0.3, 0.4) is 0 Å². The summed E-state index contributed by atoms with van der Waals surface area (Å²) in [6.45, 7) is 3.64. The maximum Gasteiger partial charge on any atom is 0.416 e. The van der Waals surface area contributed by atoms with Crippen LogP contribution in [0.4, 0.5) is 13.2 Å². The van der Waals surface area contributed by atoms with E-state index in [1.807, 2.05) is 0 Å². The molecule has 0 aliphatic rings. The van der Waals surface area contributed by atoms with Gasteiger partial charge in [0.15, 0.2) is 0 Å². The minimum Gasteiger partial charge on any atom is -0.319 e. The molecule has 3 nitrogen and oxygen atoms in total. The van der Waals surface area contributed by atoms with E-state index in [2.05, 4.69) is 11.6 Å². The summed E-state index contributed by atoms with van der Waals surface area (Å²) in [5.74, 6) is 0. The molecule has 0 amide bonds. The number of nitrogens with zero attached hydrogens (tertiary/aromatic N) is 1. The Morgan fingerprint density at radius 1 is 1.19 bits per heavy atom. The van der Waals surface area contributed by atoms with Crippen molar-refractivity contribution < 1.29 is 13.2 Å². The Hall–Kier alpha value is -2.50. The number of H-pyrrole nitrogens is 1. The molecule has 1 N–H and O–H groups in total. The van der Waals surface area contributed by atoms with Gasteiger partial charge in [0.2, 0.25) is 0 Å². The van der Waals surface area contributed by atoms with Crippen molar-refractivity contribution in [2.45, 2.75) is 12.6 Å². The molecule has 0 aliphatic heterocycles. The number of rotatable bonds is 2. The van der Waals surface area contributed by atoms with Crippen LogP contribution in [0.1, 0.15) is 11.3 Å². The lowest BCUT2D eigenvalue weighted by Gasteiger charge is -2.10. The first-order chi connectivity index (χ1) is 9.91. The fourth-order valence-corrected chi connectivity index (χ4v) is 2.44. The Balaban J connectivity index is 2.40. The van der Waals surface area contributed by atoms with Crippen molar-refractivity contribution in [2.24, 2.45) is 0 Å². The van der Waals surface area contributed by atoms with E-state index >= 15 is 0 Å². The first kappa shape index (κ1) is 13.5. The molecule has 0 radical (unpaired) electrons. The second-order valence-corrected chi connectivity index (χ2v) is 4.72. The lowest BCUT2D eigenvalue weighted by atomic mass is 10.2. The lowest BCUT2D eigenvalue weighted by Crippen LogP contribution is -2.12. The zero-order valence-electron chi connectivity index (χ0n) is 10.9. The Bertz CT molecular complexity index is 903. The van der Waals surface area contributed by atoms with E-state index in [4.69, 9.17) is 0 Å². The molecule has 21 heavy (non-hydrogen) atoms. The van der Waals surface area contributed by atoms with Crippen LogP contribution in [0.25, 0.3) is 16.6 Å². The molecule has 0 atom stereocenters. The SMILES string of the molecule is C=CCc1ccc2c(=O)[nH]c3cc(C(F)(F)F)ccc3n12. The van der Waals surface area contributed by atoms with Gasteiger partial charge in [-0.2, -0.15) is 13.2 Å². The highest BCUT2D eigenvalue weighted by atomic mass is 19.4. The summed E-state index contributed by atoms with van der Waals surface area (Å²) in [5, 5.41) is 0. The molecule has 0 saturated heterocycles. The van der Waals surface area contributed by atoms with Gasteiger partial charge < -0.3 is 9.38 Å². The van der Waals surface area contributed by atoms with Gasteiger partial charge in [-0.25, -0.2) is 0 Å². The van der Waals surface area contributed by atoms with Crippen LogP contribution in [0.2, 0.25) is 0 Å². The number of hydrogen-bond acceptors (Lipinski definition) is 1. The third-order valence-corrected chi connectivity index (χ3v) is 3.36. The molecule has 0 saturated carbocycles. The van der Waals surface area contributed by atoms with Crippen LogP contribution in [0.15, 0.2) is 47.8 Å². The molecule has 2 heterocycles. The highest BCUT2D eigenvalue weighted by Gasteiger charge is 2.30. The first-order valence-corrected chi connectivity index (χ1v) is 6.26. The van der Waals surface area contributed by atoms with Crippen molar-refractivity contribution in [3.05, 3.63) is 64.6 Å². The van der Waals surface area contributed by atoms with E-state index in [0.717, 1.165) is 17.8 Å². The summed E-state index contributed by atoms with van der Waals surface area (Å²) in [6.07, 6.45) is -2.24. The third-order valence-electron chi connectivity index (χ3n) is 3.36. The zero-order valence-corrected chi connectivity index (χ0v) is 10.9. The second kappa shape index (κ2) is 4.51. The normalized spacial score (nSPS) is 12.1. The summed E-state index contributed by atoms with van der Waals surface area (Å²) >= 11 is 0. The van der Waals surface area contributed by atoms with Crippen LogP contribution in [0.5, 0.6) is 0 Å². The molecule has 0 unspecified atom stereocenters. The van der Waals surface area contributed by atoms with Crippen molar-refractivity contribution in [3.63, 3.8) is 0 Å². The van der Waals surface area contributed by atoms with Crippen molar-refractivity contribution in [2.75, 3.05) is 0 Å². The molecule has 2 aromatic heterocycles. The summed E-state index contributed by atoms with van der Waals surface area (Å²) in [6, 6.07) is 6.75. The highest BCUT2D eigenvalue weighted by molar-refractivity contribution is 5.79. The fraction of sp³-hybridized carbons (Fsp3) is 0.133. The summed E-state index contributed by atoms with van der Waals surface area (Å²) in [5.41, 5.74) is 0.679. The van der Waals surface area contributed by atoms with Gasteiger partial charge in [-0.1, -0.05) is 6.08 Å². The van der Waals surface area contributed by atoms with Gasteiger partial charge in [0.25, 0.3) is 5.56 Å². The Morgan fingerprint density at radius 3 is 2.57 bits per heavy atom. The quantitative estimate of drug-likeness (QED) is 0.721. The van der Waals surface area contributed by atoms with E-state index in [1.165, 1.54) is 6.07 Å². The molecule has 0 spiro atoms. The standard InChI is InChI=1S/C15H11F3N2O/c1-2-3-10-5-7-13-14(21)19-11-8-9(15(16,17)18)4-6-12(11)20(10)13/h2,4-8H,1,3H2,(H,19,21). The minimum absolute atomic E-state index is 0.156. The number of nitrogens with one attached hydrogen (secondary N) is 1. The van der Waals surface area contributed by atoms with Gasteiger partial charge in [0.05, 0.1) is 16.6 Å². The maximum atomic E-state index is 12.8. The number of aromatic nitrogens is 2. The zero-order chi connectivity index (χ0) is 15.2. The van der Waals surface area contributed by atoms with Gasteiger partial charge in [-0.05, 0) is 30.3 Å². The fourth-order valence-electron chi connectivity index (χ4n) is 2.44. The number of allylic oxidation sites excluding steroid dienone is 1. The molecular formula is C15H11F3N2O. The molecule has 3 aromatic rings. The average Bonchev–Trinajstić information content (AvgIpc) is 2.82. The van der Waals surface area contributed by atoms with Crippen molar-refractivity contribution in [3.8, 4) is 0 Å². The molecule has 0 aliphatic carbocycles. The van der Waals surface area contributed by atoms with Crippen molar-refractivity contribution in [1.29, 1.82) is 0 Å². The van der Waals surface area contributed by atoms with Crippen LogP contribution >= 0.6 is 0 Å². The Kier molecular flexibility index (Phi) is 2.90. The van der Waals surface area contributed by atoms with E-state index < -0.39 is 17.3 Å². The van der Waals surface area contributed by atoms with Gasteiger partial charge in [-0.3, -0.25) is 4.79 Å². The number of benzene rings is 1. The minimum atomic E-state index is -4.44. The first-order valence-electron chi connectivity index (χ1n) is 6.26. The van der Waals surface area contributed by atoms with E-state index in [0.29, 0.717) is 17.5 Å². The van der Waals surface area contributed by atoms with Gasteiger partial charge >= 0.3 is 6.18 Å². The van der Waals surface area contributed by atoms with Crippen LogP contribution in [-0.4, -0.2) is 9.38 Å². The predicted molar refractivity (Wildman–Crippen MR) is 74.4 cm³/mol. The summed E-state index contributed by atoms with van der Waals surface area (Å²) in [7, 11) is 0. The highest BCUT2D eigenvalue weighted by Crippen LogP contribution is 2.31. The molecule has 1 aromatic carbocycles.